The van der Waals surface area contributed by atoms with Crippen molar-refractivity contribution in [3.05, 3.63) is 81.6 Å². The SMILES string of the molecule is CCc1ccc(/C=N\n2c(Cc3ccc(F)cc3)n[nH]c2=S)cc1. The summed E-state index contributed by atoms with van der Waals surface area (Å²) in [6.45, 7) is 2.12. The molecule has 2 aromatic carbocycles. The lowest BCUT2D eigenvalue weighted by Crippen LogP contribution is -2.00. The Morgan fingerprint density at radius 3 is 2.46 bits per heavy atom. The van der Waals surface area contributed by atoms with E-state index in [1.54, 1.807) is 23.0 Å². The maximum absolute atomic E-state index is 13.0. The molecule has 3 aromatic rings. The van der Waals surface area contributed by atoms with E-state index in [0.717, 1.165) is 17.5 Å². The summed E-state index contributed by atoms with van der Waals surface area (Å²) in [7, 11) is 0. The average molecular weight is 340 g/mol. The summed E-state index contributed by atoms with van der Waals surface area (Å²) in [5, 5.41) is 11.4. The first-order valence-electron chi connectivity index (χ1n) is 7.69. The fourth-order valence-electron chi connectivity index (χ4n) is 2.31. The van der Waals surface area contributed by atoms with Gasteiger partial charge in [-0.2, -0.15) is 14.9 Å². The molecule has 1 heterocycles. The van der Waals surface area contributed by atoms with Crippen LogP contribution >= 0.6 is 12.2 Å². The Morgan fingerprint density at radius 1 is 1.12 bits per heavy atom. The molecule has 0 aliphatic heterocycles. The Morgan fingerprint density at radius 2 is 1.79 bits per heavy atom. The smallest absolute Gasteiger partial charge is 0.216 e. The topological polar surface area (TPSA) is 46.0 Å². The zero-order valence-electron chi connectivity index (χ0n) is 13.2. The molecule has 24 heavy (non-hydrogen) atoms. The van der Waals surface area contributed by atoms with Gasteiger partial charge in [-0.3, -0.25) is 5.10 Å². The van der Waals surface area contributed by atoms with E-state index in [9.17, 15) is 4.39 Å². The quantitative estimate of drug-likeness (QED) is 0.561. The van der Waals surface area contributed by atoms with Gasteiger partial charge >= 0.3 is 0 Å². The fourth-order valence-corrected chi connectivity index (χ4v) is 2.50. The van der Waals surface area contributed by atoms with Crippen molar-refractivity contribution < 1.29 is 4.39 Å². The van der Waals surface area contributed by atoms with Crippen molar-refractivity contribution >= 4 is 18.4 Å². The summed E-state index contributed by atoms with van der Waals surface area (Å²) in [5.74, 6) is 0.416. The highest BCUT2D eigenvalue weighted by Gasteiger charge is 2.06. The van der Waals surface area contributed by atoms with Crippen LogP contribution in [0.3, 0.4) is 0 Å². The van der Waals surface area contributed by atoms with Gasteiger partial charge in [0.25, 0.3) is 0 Å². The van der Waals surface area contributed by atoms with E-state index in [1.807, 2.05) is 12.1 Å². The number of nitrogens with zero attached hydrogens (tertiary/aromatic N) is 3. The predicted octanol–water partition coefficient (Wildman–Crippen LogP) is 4.12. The van der Waals surface area contributed by atoms with Crippen molar-refractivity contribution in [1.29, 1.82) is 0 Å². The fraction of sp³-hybridized carbons (Fsp3) is 0.167. The van der Waals surface area contributed by atoms with Crippen molar-refractivity contribution in [3.63, 3.8) is 0 Å². The first kappa shape index (κ1) is 16.3. The Hall–Kier alpha value is -2.60. The van der Waals surface area contributed by atoms with E-state index >= 15 is 0 Å². The number of aromatic nitrogens is 3. The van der Waals surface area contributed by atoms with Gasteiger partial charge in [0, 0.05) is 6.42 Å². The third kappa shape index (κ3) is 3.83. The Labute approximate surface area is 144 Å². The van der Waals surface area contributed by atoms with E-state index in [-0.39, 0.29) is 5.82 Å². The highest BCUT2D eigenvalue weighted by molar-refractivity contribution is 7.71. The van der Waals surface area contributed by atoms with Gasteiger partial charge in [-0.05, 0) is 47.5 Å². The van der Waals surface area contributed by atoms with Crippen LogP contribution in [0.25, 0.3) is 0 Å². The average Bonchev–Trinajstić information content (AvgIpc) is 2.95. The van der Waals surface area contributed by atoms with Crippen molar-refractivity contribution in [2.75, 3.05) is 0 Å². The van der Waals surface area contributed by atoms with Gasteiger partial charge in [-0.15, -0.1) is 0 Å². The zero-order valence-corrected chi connectivity index (χ0v) is 14.1. The molecule has 0 saturated heterocycles. The van der Waals surface area contributed by atoms with Crippen LogP contribution in [-0.4, -0.2) is 21.1 Å². The Balaban J connectivity index is 1.82. The van der Waals surface area contributed by atoms with Crippen LogP contribution in [0.4, 0.5) is 4.39 Å². The van der Waals surface area contributed by atoms with Crippen LogP contribution < -0.4 is 0 Å². The lowest BCUT2D eigenvalue weighted by molar-refractivity contribution is 0.627. The van der Waals surface area contributed by atoms with E-state index in [1.165, 1.54) is 17.7 Å². The van der Waals surface area contributed by atoms with Crippen LogP contribution in [0.5, 0.6) is 0 Å². The number of aromatic amines is 1. The molecule has 0 atom stereocenters. The normalized spacial score (nSPS) is 11.2. The summed E-state index contributed by atoms with van der Waals surface area (Å²) in [6, 6.07) is 14.5. The van der Waals surface area contributed by atoms with Crippen LogP contribution in [0.1, 0.15) is 29.4 Å². The molecule has 122 valence electrons. The van der Waals surface area contributed by atoms with Gasteiger partial charge in [0.15, 0.2) is 5.82 Å². The minimum atomic E-state index is -0.258. The minimum absolute atomic E-state index is 0.258. The second-order valence-electron chi connectivity index (χ2n) is 5.40. The molecule has 0 radical (unpaired) electrons. The highest BCUT2D eigenvalue weighted by atomic mass is 32.1. The monoisotopic (exact) mass is 340 g/mol. The number of rotatable bonds is 5. The summed E-state index contributed by atoms with van der Waals surface area (Å²) >= 11 is 5.24. The molecule has 0 amide bonds. The van der Waals surface area contributed by atoms with Gasteiger partial charge in [0.2, 0.25) is 4.77 Å². The number of H-pyrrole nitrogens is 1. The molecule has 6 heteroatoms. The molecule has 0 aliphatic rings. The third-order valence-electron chi connectivity index (χ3n) is 3.70. The first-order chi connectivity index (χ1) is 11.7. The van der Waals surface area contributed by atoms with Gasteiger partial charge in [0.05, 0.1) is 6.21 Å². The van der Waals surface area contributed by atoms with Crippen molar-refractivity contribution in [2.24, 2.45) is 5.10 Å². The lowest BCUT2D eigenvalue weighted by Gasteiger charge is -2.02. The van der Waals surface area contributed by atoms with Gasteiger partial charge in [-0.25, -0.2) is 4.39 Å². The number of hydrogen-bond acceptors (Lipinski definition) is 3. The maximum atomic E-state index is 13.0. The molecule has 0 spiro atoms. The molecule has 1 aromatic heterocycles. The molecule has 0 bridgehead atoms. The van der Waals surface area contributed by atoms with E-state index < -0.39 is 0 Å². The van der Waals surface area contributed by atoms with Crippen LogP contribution in [0.15, 0.2) is 53.6 Å². The summed E-state index contributed by atoms with van der Waals surface area (Å²) < 4.78 is 15.0. The largest absolute Gasteiger partial charge is 0.250 e. The lowest BCUT2D eigenvalue weighted by atomic mass is 10.1. The molecule has 0 unspecified atom stereocenters. The summed E-state index contributed by atoms with van der Waals surface area (Å²) in [5.41, 5.74) is 3.21. The number of benzene rings is 2. The Bertz CT molecular complexity index is 892. The van der Waals surface area contributed by atoms with Gasteiger partial charge < -0.3 is 0 Å². The van der Waals surface area contributed by atoms with Crippen molar-refractivity contribution in [1.82, 2.24) is 14.9 Å². The third-order valence-corrected chi connectivity index (χ3v) is 3.97. The van der Waals surface area contributed by atoms with Gasteiger partial charge in [0.1, 0.15) is 5.82 Å². The molecule has 4 nitrogen and oxygen atoms in total. The molecule has 0 saturated carbocycles. The second kappa shape index (κ2) is 7.31. The number of halogens is 1. The summed E-state index contributed by atoms with van der Waals surface area (Å²) in [4.78, 5) is 0. The predicted molar refractivity (Wildman–Crippen MR) is 95.4 cm³/mol. The van der Waals surface area contributed by atoms with Crippen LogP contribution in [0.2, 0.25) is 0 Å². The summed E-state index contributed by atoms with van der Waals surface area (Å²) in [6.07, 6.45) is 3.27. The molecular formula is C18H17FN4S. The first-order valence-corrected chi connectivity index (χ1v) is 8.10. The highest BCUT2D eigenvalue weighted by Crippen LogP contribution is 2.10. The molecule has 0 fully saturated rings. The van der Waals surface area contributed by atoms with Crippen LogP contribution in [-0.2, 0) is 12.8 Å². The number of hydrogen-bond donors (Lipinski definition) is 1. The van der Waals surface area contributed by atoms with E-state index in [2.05, 4.69) is 34.4 Å². The van der Waals surface area contributed by atoms with Gasteiger partial charge in [-0.1, -0.05) is 43.3 Å². The standard InChI is InChI=1S/C18H17FN4S/c1-2-13-3-5-15(6-4-13)12-20-23-17(21-22-18(23)24)11-14-7-9-16(19)10-8-14/h3-10,12H,2,11H2,1H3,(H,22,24)/b20-12-. The van der Waals surface area contributed by atoms with Crippen molar-refractivity contribution in [3.8, 4) is 0 Å². The van der Waals surface area contributed by atoms with Crippen molar-refractivity contribution in [2.45, 2.75) is 19.8 Å². The number of aryl methyl sites for hydroxylation is 1. The molecule has 3 rings (SSSR count). The molecule has 0 aliphatic carbocycles. The minimum Gasteiger partial charge on any atom is -0.250 e. The van der Waals surface area contributed by atoms with E-state index in [0.29, 0.717) is 17.0 Å². The molecule has 1 N–H and O–H groups in total. The zero-order chi connectivity index (χ0) is 16.9. The van der Waals surface area contributed by atoms with E-state index in [4.69, 9.17) is 12.2 Å². The Kier molecular flexibility index (Phi) is 4.96. The molecular weight excluding hydrogens is 323 g/mol. The maximum Gasteiger partial charge on any atom is 0.216 e. The van der Waals surface area contributed by atoms with Crippen LogP contribution in [0, 0.1) is 10.6 Å². The number of nitrogens with one attached hydrogen (secondary N) is 1. The second-order valence-corrected chi connectivity index (χ2v) is 5.79.